The second-order valence-electron chi connectivity index (χ2n) is 8.47. The second kappa shape index (κ2) is 10.6. The molecular formula is C29H23ClN2O4S. The molecule has 0 N–H and O–H groups in total. The normalized spacial score (nSPS) is 15.2. The summed E-state index contributed by atoms with van der Waals surface area (Å²) in [5.74, 6) is 0.213. The largest absolute Gasteiger partial charge is 0.489 e. The predicted octanol–water partition coefficient (Wildman–Crippen LogP) is 4.64. The standard InChI is InChI=1S/C29H23ClN2O4S/c1-18-25(28(34)35-2)26(21-10-12-22(30)13-11-21)32-27(33)24(37-29(32)31-18)16-19-8-14-23(15-9-19)36-17-20-6-4-3-5-7-20/h3-16,26H,17H2,1-2H3/b24-16-/t26-/m0/s1. The van der Waals surface area contributed by atoms with Crippen LogP contribution in [0.3, 0.4) is 0 Å². The lowest BCUT2D eigenvalue weighted by Crippen LogP contribution is -2.39. The van der Waals surface area contributed by atoms with E-state index in [9.17, 15) is 9.59 Å². The summed E-state index contributed by atoms with van der Waals surface area (Å²) < 4.78 is 13.0. The molecule has 2 heterocycles. The summed E-state index contributed by atoms with van der Waals surface area (Å²) >= 11 is 7.37. The zero-order valence-electron chi connectivity index (χ0n) is 20.2. The summed E-state index contributed by atoms with van der Waals surface area (Å²) in [5.41, 5.74) is 3.28. The van der Waals surface area contributed by atoms with E-state index in [1.807, 2.05) is 60.7 Å². The van der Waals surface area contributed by atoms with E-state index in [1.165, 1.54) is 18.4 Å². The van der Waals surface area contributed by atoms with Crippen molar-refractivity contribution < 1.29 is 14.3 Å². The fourth-order valence-corrected chi connectivity index (χ4v) is 5.38. The molecular weight excluding hydrogens is 508 g/mol. The third-order valence-electron chi connectivity index (χ3n) is 6.04. The summed E-state index contributed by atoms with van der Waals surface area (Å²) in [4.78, 5) is 31.4. The van der Waals surface area contributed by atoms with Crippen molar-refractivity contribution in [1.29, 1.82) is 0 Å². The molecule has 0 fully saturated rings. The summed E-state index contributed by atoms with van der Waals surface area (Å²) in [7, 11) is 1.32. The zero-order chi connectivity index (χ0) is 25.9. The van der Waals surface area contributed by atoms with Crippen LogP contribution in [0.2, 0.25) is 5.02 Å². The molecule has 4 aromatic rings. The van der Waals surface area contributed by atoms with Crippen LogP contribution in [0.1, 0.15) is 29.7 Å². The van der Waals surface area contributed by atoms with Gasteiger partial charge in [0, 0.05) is 5.02 Å². The summed E-state index contributed by atoms with van der Waals surface area (Å²) in [6.07, 6.45) is 1.82. The second-order valence-corrected chi connectivity index (χ2v) is 9.91. The van der Waals surface area contributed by atoms with Crippen LogP contribution in [-0.4, -0.2) is 17.6 Å². The van der Waals surface area contributed by atoms with Gasteiger partial charge >= 0.3 is 5.97 Å². The molecule has 6 nitrogen and oxygen atoms in total. The van der Waals surface area contributed by atoms with Gasteiger partial charge in [-0.3, -0.25) is 9.36 Å². The Kier molecular flexibility index (Phi) is 7.08. The third-order valence-corrected chi connectivity index (χ3v) is 7.27. The lowest BCUT2D eigenvalue weighted by atomic mass is 9.96. The highest BCUT2D eigenvalue weighted by molar-refractivity contribution is 7.07. The van der Waals surface area contributed by atoms with Gasteiger partial charge in [0.2, 0.25) is 0 Å². The number of carbonyl (C=O) groups is 1. The van der Waals surface area contributed by atoms with Crippen molar-refractivity contribution in [3.8, 4) is 5.75 Å². The van der Waals surface area contributed by atoms with Gasteiger partial charge in [0.05, 0.1) is 29.0 Å². The number of halogens is 1. The predicted molar refractivity (Wildman–Crippen MR) is 144 cm³/mol. The highest BCUT2D eigenvalue weighted by Gasteiger charge is 2.33. The minimum absolute atomic E-state index is 0.234. The van der Waals surface area contributed by atoms with Gasteiger partial charge in [0.15, 0.2) is 4.80 Å². The molecule has 0 saturated heterocycles. The summed E-state index contributed by atoms with van der Waals surface area (Å²) in [6.45, 7) is 2.23. The minimum Gasteiger partial charge on any atom is -0.489 e. The molecule has 3 aromatic carbocycles. The monoisotopic (exact) mass is 530 g/mol. The Morgan fingerprint density at radius 1 is 1.05 bits per heavy atom. The number of hydrogen-bond donors (Lipinski definition) is 0. The van der Waals surface area contributed by atoms with Gasteiger partial charge in [0.25, 0.3) is 5.56 Å². The van der Waals surface area contributed by atoms with E-state index >= 15 is 0 Å². The molecule has 0 bridgehead atoms. The Morgan fingerprint density at radius 2 is 1.76 bits per heavy atom. The van der Waals surface area contributed by atoms with Crippen LogP contribution in [0.15, 0.2) is 99.9 Å². The molecule has 1 aromatic heterocycles. The van der Waals surface area contributed by atoms with Crippen molar-refractivity contribution in [2.24, 2.45) is 4.99 Å². The number of rotatable bonds is 6. The van der Waals surface area contributed by atoms with Gasteiger partial charge in [-0.2, -0.15) is 0 Å². The number of benzene rings is 3. The van der Waals surface area contributed by atoms with Gasteiger partial charge in [0.1, 0.15) is 12.4 Å². The highest BCUT2D eigenvalue weighted by atomic mass is 35.5. The van der Waals surface area contributed by atoms with Gasteiger partial charge in [-0.25, -0.2) is 9.79 Å². The van der Waals surface area contributed by atoms with E-state index < -0.39 is 12.0 Å². The van der Waals surface area contributed by atoms with Gasteiger partial charge < -0.3 is 9.47 Å². The number of thiazole rings is 1. The average Bonchev–Trinajstić information content (AvgIpc) is 3.22. The maximum atomic E-state index is 13.6. The average molecular weight is 531 g/mol. The number of fused-ring (bicyclic) bond motifs is 1. The topological polar surface area (TPSA) is 69.9 Å². The van der Waals surface area contributed by atoms with E-state index in [2.05, 4.69) is 4.99 Å². The Bertz CT molecular complexity index is 1650. The van der Waals surface area contributed by atoms with Crippen LogP contribution in [-0.2, 0) is 16.1 Å². The number of nitrogens with zero attached hydrogens (tertiary/aromatic N) is 2. The smallest absolute Gasteiger partial charge is 0.338 e. The number of ether oxygens (including phenoxy) is 2. The van der Waals surface area contributed by atoms with E-state index in [0.29, 0.717) is 32.2 Å². The van der Waals surface area contributed by atoms with Crippen LogP contribution in [0.4, 0.5) is 0 Å². The summed E-state index contributed by atoms with van der Waals surface area (Å²) in [6, 6.07) is 23.9. The highest BCUT2D eigenvalue weighted by Crippen LogP contribution is 2.31. The minimum atomic E-state index is -0.670. The number of allylic oxidation sites excluding steroid dienone is 1. The Morgan fingerprint density at radius 3 is 2.43 bits per heavy atom. The van der Waals surface area contributed by atoms with Crippen LogP contribution in [0, 0.1) is 0 Å². The zero-order valence-corrected chi connectivity index (χ0v) is 21.8. The molecule has 0 radical (unpaired) electrons. The maximum Gasteiger partial charge on any atom is 0.338 e. The number of esters is 1. The van der Waals surface area contributed by atoms with Crippen molar-refractivity contribution in [3.63, 3.8) is 0 Å². The van der Waals surface area contributed by atoms with Crippen LogP contribution >= 0.6 is 22.9 Å². The molecule has 8 heteroatoms. The Hall–Kier alpha value is -3.94. The van der Waals surface area contributed by atoms with Gasteiger partial charge in [-0.1, -0.05) is 77.5 Å². The molecule has 0 saturated carbocycles. The van der Waals surface area contributed by atoms with Crippen LogP contribution in [0.25, 0.3) is 6.08 Å². The number of carbonyl (C=O) groups excluding carboxylic acids is 1. The van der Waals surface area contributed by atoms with Crippen molar-refractivity contribution in [3.05, 3.63) is 132 Å². The third kappa shape index (κ3) is 5.14. The van der Waals surface area contributed by atoms with E-state index in [0.717, 1.165) is 22.4 Å². The molecule has 186 valence electrons. The van der Waals surface area contributed by atoms with Crippen LogP contribution < -0.4 is 19.6 Å². The van der Waals surface area contributed by atoms with Gasteiger partial charge in [-0.15, -0.1) is 0 Å². The van der Waals surface area contributed by atoms with E-state index in [4.69, 9.17) is 21.1 Å². The van der Waals surface area contributed by atoms with Crippen molar-refractivity contribution >= 4 is 35.0 Å². The van der Waals surface area contributed by atoms with Gasteiger partial charge in [-0.05, 0) is 54.0 Å². The molecule has 1 aliphatic heterocycles. The first-order valence-electron chi connectivity index (χ1n) is 11.6. The van der Waals surface area contributed by atoms with Crippen molar-refractivity contribution in [2.75, 3.05) is 7.11 Å². The number of methoxy groups -OCH3 is 1. The van der Waals surface area contributed by atoms with Crippen molar-refractivity contribution in [2.45, 2.75) is 19.6 Å². The lowest BCUT2D eigenvalue weighted by molar-refractivity contribution is -0.136. The number of hydrogen-bond acceptors (Lipinski definition) is 6. The fraction of sp³-hybridized carbons (Fsp3) is 0.138. The molecule has 37 heavy (non-hydrogen) atoms. The van der Waals surface area contributed by atoms with Crippen LogP contribution in [0.5, 0.6) is 5.75 Å². The molecule has 0 unspecified atom stereocenters. The lowest BCUT2D eigenvalue weighted by Gasteiger charge is -2.24. The quantitative estimate of drug-likeness (QED) is 0.341. The first-order valence-corrected chi connectivity index (χ1v) is 12.8. The molecule has 1 aliphatic rings. The van der Waals surface area contributed by atoms with Crippen molar-refractivity contribution in [1.82, 2.24) is 4.57 Å². The molecule has 0 amide bonds. The van der Waals surface area contributed by atoms with E-state index in [1.54, 1.807) is 35.8 Å². The fourth-order valence-electron chi connectivity index (χ4n) is 4.21. The maximum absolute atomic E-state index is 13.6. The first kappa shape index (κ1) is 24.7. The molecule has 0 aliphatic carbocycles. The molecule has 5 rings (SSSR count). The summed E-state index contributed by atoms with van der Waals surface area (Å²) in [5, 5.41) is 0.563. The Balaban J connectivity index is 1.51. The SMILES string of the molecule is COC(=O)C1=C(C)N=c2s/c(=C\c3ccc(OCc4ccccc4)cc3)c(=O)n2[C@H]1c1ccc(Cl)cc1. The molecule has 0 spiro atoms. The Labute approximate surface area is 222 Å². The molecule has 1 atom stereocenters. The number of aromatic nitrogens is 1. The first-order chi connectivity index (χ1) is 17.9. The van der Waals surface area contributed by atoms with E-state index in [-0.39, 0.29) is 5.56 Å².